The molecule has 5 nitrogen and oxygen atoms in total. The van der Waals surface area contributed by atoms with Crippen molar-refractivity contribution in [1.82, 2.24) is 4.90 Å². The average molecular weight is 184 g/mol. The lowest BCUT2D eigenvalue weighted by Gasteiger charge is -2.32. The van der Waals surface area contributed by atoms with E-state index in [0.717, 1.165) is 0 Å². The van der Waals surface area contributed by atoms with Crippen LogP contribution >= 0.6 is 0 Å². The molecule has 0 aliphatic carbocycles. The summed E-state index contributed by atoms with van der Waals surface area (Å²) in [6.45, 7) is 0.542. The van der Waals surface area contributed by atoms with Crippen molar-refractivity contribution in [2.45, 2.75) is 25.0 Å². The molecule has 1 fully saturated rings. The summed E-state index contributed by atoms with van der Waals surface area (Å²) in [6, 6.07) is 1.76. The molecule has 13 heavy (non-hydrogen) atoms. The molecule has 0 aromatic carbocycles. The van der Waals surface area contributed by atoms with Crippen LogP contribution in [-0.2, 0) is 4.79 Å². The SMILES string of the molecule is N#CCC(=O)N1CCC(O)C(O)C1. The second kappa shape index (κ2) is 4.21. The van der Waals surface area contributed by atoms with Crippen LogP contribution in [-0.4, -0.2) is 46.3 Å². The van der Waals surface area contributed by atoms with E-state index in [4.69, 9.17) is 10.4 Å². The second-order valence-corrected chi connectivity index (χ2v) is 3.10. The zero-order valence-electron chi connectivity index (χ0n) is 7.18. The van der Waals surface area contributed by atoms with Crippen molar-refractivity contribution in [2.24, 2.45) is 0 Å². The van der Waals surface area contributed by atoms with E-state index >= 15 is 0 Å². The smallest absolute Gasteiger partial charge is 0.236 e. The minimum absolute atomic E-state index is 0.127. The summed E-state index contributed by atoms with van der Waals surface area (Å²) in [5, 5.41) is 26.7. The number of aliphatic hydroxyl groups excluding tert-OH is 2. The number of carbonyl (C=O) groups is 1. The maximum atomic E-state index is 11.2. The minimum atomic E-state index is -0.878. The molecule has 2 atom stereocenters. The fraction of sp³-hybridized carbons (Fsp3) is 0.750. The van der Waals surface area contributed by atoms with Crippen molar-refractivity contribution in [2.75, 3.05) is 13.1 Å². The molecule has 1 saturated heterocycles. The van der Waals surface area contributed by atoms with Gasteiger partial charge in [0.25, 0.3) is 0 Å². The van der Waals surface area contributed by atoms with Crippen LogP contribution in [0.4, 0.5) is 0 Å². The topological polar surface area (TPSA) is 84.6 Å². The number of carbonyl (C=O) groups excluding carboxylic acids is 1. The molecule has 0 saturated carbocycles. The standard InChI is InChI=1S/C8H12N2O3/c9-3-1-8(13)10-4-2-6(11)7(12)5-10/h6-7,11-12H,1-2,4-5H2. The number of β-amino-alcohol motifs (C(OH)–C–C–N with tert-alkyl or cyclic N) is 1. The Balaban J connectivity index is 2.46. The number of piperidine rings is 1. The summed E-state index contributed by atoms with van der Waals surface area (Å²) in [4.78, 5) is 12.6. The van der Waals surface area contributed by atoms with Gasteiger partial charge in [-0.3, -0.25) is 4.79 Å². The van der Waals surface area contributed by atoms with Gasteiger partial charge in [-0.1, -0.05) is 0 Å². The van der Waals surface area contributed by atoms with Gasteiger partial charge in [0.05, 0.1) is 18.3 Å². The Morgan fingerprint density at radius 1 is 1.54 bits per heavy atom. The Kier molecular flexibility index (Phi) is 3.23. The zero-order chi connectivity index (χ0) is 9.84. The van der Waals surface area contributed by atoms with Crippen LogP contribution in [0.3, 0.4) is 0 Å². The molecule has 72 valence electrons. The highest BCUT2D eigenvalue weighted by molar-refractivity contribution is 5.78. The van der Waals surface area contributed by atoms with Crippen LogP contribution in [0.2, 0.25) is 0 Å². The molecule has 0 spiro atoms. The highest BCUT2D eigenvalue weighted by atomic mass is 16.3. The first kappa shape index (κ1) is 9.96. The number of hydrogen-bond acceptors (Lipinski definition) is 4. The van der Waals surface area contributed by atoms with E-state index in [-0.39, 0.29) is 18.9 Å². The largest absolute Gasteiger partial charge is 0.390 e. The molecule has 1 amide bonds. The van der Waals surface area contributed by atoms with Gasteiger partial charge in [0.2, 0.25) is 5.91 Å². The van der Waals surface area contributed by atoms with Crippen molar-refractivity contribution in [3.8, 4) is 6.07 Å². The Hall–Kier alpha value is -1.12. The number of likely N-dealkylation sites (tertiary alicyclic amines) is 1. The molecule has 2 N–H and O–H groups in total. The second-order valence-electron chi connectivity index (χ2n) is 3.10. The summed E-state index contributed by atoms with van der Waals surface area (Å²) in [6.07, 6.45) is -1.41. The zero-order valence-corrected chi connectivity index (χ0v) is 7.18. The van der Waals surface area contributed by atoms with Crippen LogP contribution in [0.5, 0.6) is 0 Å². The number of rotatable bonds is 1. The monoisotopic (exact) mass is 184 g/mol. The lowest BCUT2D eigenvalue weighted by atomic mass is 10.1. The van der Waals surface area contributed by atoms with E-state index in [1.165, 1.54) is 4.90 Å². The van der Waals surface area contributed by atoms with Gasteiger partial charge in [0.1, 0.15) is 6.42 Å². The van der Waals surface area contributed by atoms with Crippen molar-refractivity contribution in [1.29, 1.82) is 5.26 Å². The predicted molar refractivity (Wildman–Crippen MR) is 43.4 cm³/mol. The molecule has 2 unspecified atom stereocenters. The first-order valence-corrected chi connectivity index (χ1v) is 4.16. The van der Waals surface area contributed by atoms with Crippen LogP contribution < -0.4 is 0 Å². The number of hydrogen-bond donors (Lipinski definition) is 2. The van der Waals surface area contributed by atoms with Crippen LogP contribution in [0.15, 0.2) is 0 Å². The summed E-state index contributed by atoms with van der Waals surface area (Å²) >= 11 is 0. The minimum Gasteiger partial charge on any atom is -0.390 e. The molecule has 1 rings (SSSR count). The molecular formula is C8H12N2O3. The van der Waals surface area contributed by atoms with Crippen molar-refractivity contribution >= 4 is 5.91 Å². The van der Waals surface area contributed by atoms with Crippen LogP contribution in [0.1, 0.15) is 12.8 Å². The third-order valence-corrected chi connectivity index (χ3v) is 2.13. The number of nitrogens with zero attached hydrogens (tertiary/aromatic N) is 2. The van der Waals surface area contributed by atoms with Gasteiger partial charge in [-0.25, -0.2) is 0 Å². The highest BCUT2D eigenvalue weighted by Gasteiger charge is 2.28. The molecule has 5 heteroatoms. The maximum absolute atomic E-state index is 11.2. The summed E-state index contributed by atoms with van der Waals surface area (Å²) < 4.78 is 0. The number of aliphatic hydroxyl groups is 2. The van der Waals surface area contributed by atoms with E-state index in [2.05, 4.69) is 0 Å². The van der Waals surface area contributed by atoms with E-state index in [1.807, 2.05) is 0 Å². The van der Waals surface area contributed by atoms with Crippen molar-refractivity contribution < 1.29 is 15.0 Å². The van der Waals surface area contributed by atoms with Crippen LogP contribution in [0, 0.1) is 11.3 Å². The molecule has 0 bridgehead atoms. The van der Waals surface area contributed by atoms with E-state index < -0.39 is 12.2 Å². The van der Waals surface area contributed by atoms with Gasteiger partial charge >= 0.3 is 0 Å². The van der Waals surface area contributed by atoms with E-state index in [1.54, 1.807) is 6.07 Å². The predicted octanol–water partition coefficient (Wildman–Crippen LogP) is -1.15. The van der Waals surface area contributed by atoms with Crippen molar-refractivity contribution in [3.63, 3.8) is 0 Å². The van der Waals surface area contributed by atoms with Gasteiger partial charge < -0.3 is 15.1 Å². The Morgan fingerprint density at radius 3 is 2.77 bits per heavy atom. The maximum Gasteiger partial charge on any atom is 0.236 e. The normalized spacial score (nSPS) is 28.2. The third-order valence-electron chi connectivity index (χ3n) is 2.13. The van der Waals surface area contributed by atoms with E-state index in [9.17, 15) is 9.90 Å². The van der Waals surface area contributed by atoms with Gasteiger partial charge in [-0.15, -0.1) is 0 Å². The van der Waals surface area contributed by atoms with Gasteiger partial charge in [0, 0.05) is 13.1 Å². The molecule has 1 aliphatic heterocycles. The van der Waals surface area contributed by atoms with Crippen molar-refractivity contribution in [3.05, 3.63) is 0 Å². The summed E-state index contributed by atoms with van der Waals surface area (Å²) in [7, 11) is 0. The first-order valence-electron chi connectivity index (χ1n) is 4.16. The molecule has 1 heterocycles. The van der Waals surface area contributed by atoms with E-state index in [0.29, 0.717) is 13.0 Å². The fourth-order valence-corrected chi connectivity index (χ4v) is 1.33. The third kappa shape index (κ3) is 2.41. The molecular weight excluding hydrogens is 172 g/mol. The average Bonchev–Trinajstić information content (AvgIpc) is 2.10. The Bertz CT molecular complexity index is 236. The lowest BCUT2D eigenvalue weighted by molar-refractivity contribution is -0.136. The summed E-state index contributed by atoms with van der Waals surface area (Å²) in [5.74, 6) is -0.284. The number of amides is 1. The lowest BCUT2D eigenvalue weighted by Crippen LogP contribution is -2.48. The molecule has 1 aliphatic rings. The first-order chi connectivity index (χ1) is 6.15. The van der Waals surface area contributed by atoms with Gasteiger partial charge in [-0.05, 0) is 6.42 Å². The molecule has 0 radical (unpaired) electrons. The van der Waals surface area contributed by atoms with Gasteiger partial charge in [0.15, 0.2) is 0 Å². The van der Waals surface area contributed by atoms with Gasteiger partial charge in [-0.2, -0.15) is 5.26 Å². The highest BCUT2D eigenvalue weighted by Crippen LogP contribution is 2.11. The number of nitriles is 1. The molecule has 0 aromatic heterocycles. The Morgan fingerprint density at radius 2 is 2.23 bits per heavy atom. The quantitative estimate of drug-likeness (QED) is 0.539. The summed E-state index contributed by atoms with van der Waals surface area (Å²) in [5.41, 5.74) is 0. The molecule has 0 aromatic rings. The van der Waals surface area contributed by atoms with Crippen LogP contribution in [0.25, 0.3) is 0 Å². The fourth-order valence-electron chi connectivity index (χ4n) is 1.33. The Labute approximate surface area is 76.2 Å².